The molecule has 1 aliphatic rings. The number of pyridine rings is 2. The van der Waals surface area contributed by atoms with Crippen LogP contribution in [0.4, 0.5) is 24.7 Å². The first kappa shape index (κ1) is 20.9. The first-order valence-corrected chi connectivity index (χ1v) is 10.4. The fraction of sp³-hybridized carbons (Fsp3) is 0.217. The Kier molecular flexibility index (Phi) is 5.20. The van der Waals surface area contributed by atoms with E-state index in [0.717, 1.165) is 48.8 Å². The first-order valence-electron chi connectivity index (χ1n) is 10.4. The minimum atomic E-state index is -4.65. The van der Waals surface area contributed by atoms with Crippen LogP contribution in [0, 0.1) is 0 Å². The van der Waals surface area contributed by atoms with Crippen LogP contribution in [0.25, 0.3) is 22.0 Å². The standard InChI is InChI=1S/C23H19F3N6O/c24-23(25,26)18-4-3-7-28-21(18)29-22(33)20-17-11-14(5-6-19(17)30-31-20)15-10-16(13-27-12-15)32-8-1-2-9-32/h3-7,10-13H,1-2,8-9H2,(H,30,31)(H,28,29,33). The number of aromatic nitrogens is 4. The number of nitrogens with one attached hydrogen (secondary N) is 2. The Hall–Kier alpha value is -3.95. The van der Waals surface area contributed by atoms with Crippen molar-refractivity contribution in [3.63, 3.8) is 0 Å². The number of alkyl halides is 3. The molecule has 1 amide bonds. The van der Waals surface area contributed by atoms with Crippen molar-refractivity contribution in [2.75, 3.05) is 23.3 Å². The van der Waals surface area contributed by atoms with E-state index in [-0.39, 0.29) is 5.69 Å². The van der Waals surface area contributed by atoms with Crippen LogP contribution in [0.1, 0.15) is 28.9 Å². The molecule has 1 saturated heterocycles. The van der Waals surface area contributed by atoms with E-state index >= 15 is 0 Å². The maximum absolute atomic E-state index is 13.3. The van der Waals surface area contributed by atoms with Crippen LogP contribution in [0.15, 0.2) is 55.0 Å². The van der Waals surface area contributed by atoms with Crippen LogP contribution >= 0.6 is 0 Å². The molecule has 0 unspecified atom stereocenters. The average Bonchev–Trinajstić information content (AvgIpc) is 3.49. The number of fused-ring (bicyclic) bond motifs is 1. The van der Waals surface area contributed by atoms with Gasteiger partial charge in [0.25, 0.3) is 5.91 Å². The highest BCUT2D eigenvalue weighted by Gasteiger charge is 2.34. The second kappa shape index (κ2) is 8.19. The number of amides is 1. The molecule has 3 aromatic heterocycles. The lowest BCUT2D eigenvalue weighted by Crippen LogP contribution is -2.18. The number of nitrogens with zero attached hydrogens (tertiary/aromatic N) is 4. The van der Waals surface area contributed by atoms with Crippen molar-refractivity contribution in [3.8, 4) is 11.1 Å². The number of carbonyl (C=O) groups is 1. The van der Waals surface area contributed by atoms with Crippen LogP contribution in [0.3, 0.4) is 0 Å². The zero-order valence-electron chi connectivity index (χ0n) is 17.4. The van der Waals surface area contributed by atoms with Crippen molar-refractivity contribution in [1.29, 1.82) is 0 Å². The SMILES string of the molecule is O=C(Nc1ncccc1C(F)(F)F)c1n[nH]c2ccc(-c3cncc(N4CCCC4)c3)cc12. The van der Waals surface area contributed by atoms with Crippen molar-refractivity contribution in [3.05, 3.63) is 66.2 Å². The van der Waals surface area contributed by atoms with Crippen molar-refractivity contribution in [2.24, 2.45) is 0 Å². The van der Waals surface area contributed by atoms with E-state index in [1.165, 1.54) is 12.3 Å². The number of halogens is 3. The maximum Gasteiger partial charge on any atom is 0.419 e. The quantitative estimate of drug-likeness (QED) is 0.460. The predicted octanol–water partition coefficient (Wildman–Crippen LogP) is 4.89. The number of H-pyrrole nitrogens is 1. The van der Waals surface area contributed by atoms with Gasteiger partial charge in [0.05, 0.1) is 23.0 Å². The fourth-order valence-corrected chi connectivity index (χ4v) is 4.00. The van der Waals surface area contributed by atoms with Gasteiger partial charge in [-0.1, -0.05) is 6.07 Å². The lowest BCUT2D eigenvalue weighted by molar-refractivity contribution is -0.137. The van der Waals surface area contributed by atoms with Crippen molar-refractivity contribution in [2.45, 2.75) is 19.0 Å². The van der Waals surface area contributed by atoms with Gasteiger partial charge in [-0.3, -0.25) is 14.9 Å². The van der Waals surface area contributed by atoms with E-state index in [2.05, 4.69) is 30.4 Å². The normalized spacial score (nSPS) is 14.1. The zero-order valence-corrected chi connectivity index (χ0v) is 17.4. The Morgan fingerprint density at radius 3 is 2.67 bits per heavy atom. The Labute approximate surface area is 186 Å². The monoisotopic (exact) mass is 452 g/mol. The Morgan fingerprint density at radius 1 is 1.06 bits per heavy atom. The summed E-state index contributed by atoms with van der Waals surface area (Å²) >= 11 is 0. The summed E-state index contributed by atoms with van der Waals surface area (Å²) < 4.78 is 39.8. The minimum absolute atomic E-state index is 0.0192. The van der Waals surface area contributed by atoms with Gasteiger partial charge < -0.3 is 10.2 Å². The summed E-state index contributed by atoms with van der Waals surface area (Å²) in [6.07, 6.45) is 2.41. The van der Waals surface area contributed by atoms with Gasteiger partial charge in [-0.2, -0.15) is 18.3 Å². The van der Waals surface area contributed by atoms with Gasteiger partial charge in [0.15, 0.2) is 5.69 Å². The van der Waals surface area contributed by atoms with E-state index in [4.69, 9.17) is 0 Å². The largest absolute Gasteiger partial charge is 0.419 e. The average molecular weight is 452 g/mol. The number of hydrogen-bond donors (Lipinski definition) is 2. The summed E-state index contributed by atoms with van der Waals surface area (Å²) in [5.74, 6) is -1.35. The molecule has 2 N–H and O–H groups in total. The highest BCUT2D eigenvalue weighted by atomic mass is 19.4. The third-order valence-electron chi connectivity index (χ3n) is 5.65. The van der Waals surface area contributed by atoms with E-state index in [1.54, 1.807) is 18.3 Å². The smallest absolute Gasteiger partial charge is 0.370 e. The summed E-state index contributed by atoms with van der Waals surface area (Å²) in [7, 11) is 0. The predicted molar refractivity (Wildman–Crippen MR) is 118 cm³/mol. The fourth-order valence-electron chi connectivity index (χ4n) is 4.00. The number of carbonyl (C=O) groups excluding carboxylic acids is 1. The van der Waals surface area contributed by atoms with E-state index in [9.17, 15) is 18.0 Å². The van der Waals surface area contributed by atoms with Gasteiger partial charge in [-0.15, -0.1) is 0 Å². The molecule has 0 aliphatic carbocycles. The molecule has 0 saturated carbocycles. The Balaban J connectivity index is 1.47. The van der Waals surface area contributed by atoms with Crippen LogP contribution < -0.4 is 10.2 Å². The summed E-state index contributed by atoms with van der Waals surface area (Å²) in [6.45, 7) is 1.98. The van der Waals surface area contributed by atoms with Gasteiger partial charge in [-0.05, 0) is 48.7 Å². The van der Waals surface area contributed by atoms with Crippen molar-refractivity contribution >= 4 is 28.3 Å². The lowest BCUT2D eigenvalue weighted by Gasteiger charge is -2.17. The molecule has 4 aromatic rings. The second-order valence-electron chi connectivity index (χ2n) is 7.81. The molecule has 1 fully saturated rings. The lowest BCUT2D eigenvalue weighted by atomic mass is 10.0. The Morgan fingerprint density at radius 2 is 1.88 bits per heavy atom. The van der Waals surface area contributed by atoms with Gasteiger partial charge >= 0.3 is 6.18 Å². The first-order chi connectivity index (χ1) is 15.9. The van der Waals surface area contributed by atoms with Crippen LogP contribution in [0.5, 0.6) is 0 Å². The molecule has 5 rings (SSSR count). The molecule has 168 valence electrons. The molecule has 0 atom stereocenters. The summed E-state index contributed by atoms with van der Waals surface area (Å²) in [5, 5.41) is 9.52. The number of aromatic amines is 1. The molecular formula is C23H19F3N6O. The van der Waals surface area contributed by atoms with E-state index in [0.29, 0.717) is 10.9 Å². The molecule has 4 heterocycles. The van der Waals surface area contributed by atoms with E-state index in [1.807, 2.05) is 18.3 Å². The second-order valence-corrected chi connectivity index (χ2v) is 7.81. The zero-order chi connectivity index (χ0) is 23.0. The van der Waals surface area contributed by atoms with Crippen molar-refractivity contribution < 1.29 is 18.0 Å². The van der Waals surface area contributed by atoms with Crippen LogP contribution in [-0.2, 0) is 6.18 Å². The van der Waals surface area contributed by atoms with Gasteiger partial charge in [-0.25, -0.2) is 4.98 Å². The van der Waals surface area contributed by atoms with Crippen molar-refractivity contribution in [1.82, 2.24) is 20.2 Å². The van der Waals surface area contributed by atoms with Gasteiger partial charge in [0, 0.05) is 36.4 Å². The van der Waals surface area contributed by atoms with Crippen LogP contribution in [0.2, 0.25) is 0 Å². The summed E-state index contributed by atoms with van der Waals surface area (Å²) in [4.78, 5) is 23.1. The molecule has 0 spiro atoms. The number of hydrogen-bond acceptors (Lipinski definition) is 5. The highest BCUT2D eigenvalue weighted by Crippen LogP contribution is 2.34. The molecule has 1 aliphatic heterocycles. The molecule has 0 radical (unpaired) electrons. The highest BCUT2D eigenvalue weighted by molar-refractivity contribution is 6.11. The molecule has 0 bridgehead atoms. The number of rotatable bonds is 4. The van der Waals surface area contributed by atoms with Gasteiger partial charge in [0.2, 0.25) is 0 Å². The summed E-state index contributed by atoms with van der Waals surface area (Å²) in [6, 6.07) is 9.51. The molecular weight excluding hydrogens is 433 g/mol. The Bertz CT molecular complexity index is 1330. The molecule has 10 heteroatoms. The minimum Gasteiger partial charge on any atom is -0.370 e. The molecule has 33 heavy (non-hydrogen) atoms. The maximum atomic E-state index is 13.3. The van der Waals surface area contributed by atoms with Crippen LogP contribution in [-0.4, -0.2) is 39.2 Å². The van der Waals surface area contributed by atoms with E-state index < -0.39 is 23.5 Å². The third kappa shape index (κ3) is 4.11. The third-order valence-corrected chi connectivity index (χ3v) is 5.65. The topological polar surface area (TPSA) is 86.8 Å². The summed E-state index contributed by atoms with van der Waals surface area (Å²) in [5.41, 5.74) is 2.27. The molecule has 1 aromatic carbocycles. The molecule has 7 nitrogen and oxygen atoms in total. The number of anilines is 2. The van der Waals surface area contributed by atoms with Gasteiger partial charge in [0.1, 0.15) is 5.82 Å². The number of benzene rings is 1.